The number of anilines is 3. The van der Waals surface area contributed by atoms with Crippen molar-refractivity contribution in [2.75, 3.05) is 16.8 Å². The molecule has 0 saturated carbocycles. The van der Waals surface area contributed by atoms with E-state index in [0.29, 0.717) is 22.5 Å². The summed E-state index contributed by atoms with van der Waals surface area (Å²) < 4.78 is 0. The Hall–Kier alpha value is -2.84. The smallest absolute Gasteiger partial charge is 0.232 e. The number of nitrogens with zero attached hydrogens (tertiary/aromatic N) is 3. The van der Waals surface area contributed by atoms with Crippen LogP contribution in [0.15, 0.2) is 48.5 Å². The number of benzene rings is 2. The molecule has 1 amide bonds. The highest BCUT2D eigenvalue weighted by atomic mass is 35.5. The standard InChI is InChI=1S/C21H23ClN6OS/c1-13-7-3-6-10-17(13)25-21-27-18(26-20(23)28-21)11-30-12-19(29)24-14(2)15-8-4-5-9-16(15)22/h3-10,14H,11-12H2,1-2H3,(H,24,29)(H3,23,25,26,27,28). The van der Waals surface area contributed by atoms with Gasteiger partial charge in [0.25, 0.3) is 0 Å². The van der Waals surface area contributed by atoms with Crippen LogP contribution in [0.3, 0.4) is 0 Å². The van der Waals surface area contributed by atoms with Gasteiger partial charge < -0.3 is 16.4 Å². The van der Waals surface area contributed by atoms with Crippen molar-refractivity contribution in [2.45, 2.75) is 25.6 Å². The number of hydrogen-bond acceptors (Lipinski definition) is 7. The number of amides is 1. The Morgan fingerprint density at radius 2 is 1.87 bits per heavy atom. The summed E-state index contributed by atoms with van der Waals surface area (Å²) in [5.41, 5.74) is 8.67. The van der Waals surface area contributed by atoms with Crippen LogP contribution < -0.4 is 16.4 Å². The molecular weight excluding hydrogens is 420 g/mol. The van der Waals surface area contributed by atoms with Crippen molar-refractivity contribution in [3.05, 3.63) is 70.5 Å². The second-order valence-corrected chi connectivity index (χ2v) is 8.07. The molecule has 1 atom stereocenters. The summed E-state index contributed by atoms with van der Waals surface area (Å²) in [6, 6.07) is 15.1. The van der Waals surface area contributed by atoms with Crippen LogP contribution in [0.4, 0.5) is 17.6 Å². The Kier molecular flexibility index (Phi) is 7.48. The minimum atomic E-state index is -0.176. The van der Waals surface area contributed by atoms with Crippen LogP contribution in [0, 0.1) is 6.92 Å². The molecule has 2 aromatic carbocycles. The lowest BCUT2D eigenvalue weighted by molar-refractivity contribution is -0.119. The first-order chi connectivity index (χ1) is 14.4. The molecule has 156 valence electrons. The fraction of sp³-hybridized carbons (Fsp3) is 0.238. The van der Waals surface area contributed by atoms with E-state index in [1.165, 1.54) is 11.8 Å². The van der Waals surface area contributed by atoms with Crippen molar-refractivity contribution in [2.24, 2.45) is 0 Å². The SMILES string of the molecule is Cc1ccccc1Nc1nc(N)nc(CSCC(=O)NC(C)c2ccccc2Cl)n1. The van der Waals surface area contributed by atoms with Gasteiger partial charge in [0.05, 0.1) is 17.5 Å². The summed E-state index contributed by atoms with van der Waals surface area (Å²) in [6.45, 7) is 3.89. The number of hydrogen-bond donors (Lipinski definition) is 3. The van der Waals surface area contributed by atoms with Gasteiger partial charge in [-0.2, -0.15) is 15.0 Å². The normalized spacial score (nSPS) is 11.7. The molecule has 0 saturated heterocycles. The summed E-state index contributed by atoms with van der Waals surface area (Å²) >= 11 is 7.59. The van der Waals surface area contributed by atoms with Gasteiger partial charge in [0.15, 0.2) is 0 Å². The van der Waals surface area contributed by atoms with Crippen LogP contribution in [0.2, 0.25) is 5.02 Å². The quantitative estimate of drug-likeness (QED) is 0.478. The number of nitrogens with one attached hydrogen (secondary N) is 2. The van der Waals surface area contributed by atoms with E-state index < -0.39 is 0 Å². The predicted octanol–water partition coefficient (Wildman–Crippen LogP) is 4.27. The highest BCUT2D eigenvalue weighted by molar-refractivity contribution is 7.99. The van der Waals surface area contributed by atoms with Gasteiger partial charge in [-0.3, -0.25) is 4.79 Å². The van der Waals surface area contributed by atoms with Gasteiger partial charge in [-0.05, 0) is 37.1 Å². The van der Waals surface area contributed by atoms with Crippen LogP contribution in [0.25, 0.3) is 0 Å². The third-order valence-electron chi connectivity index (χ3n) is 4.30. The Bertz CT molecular complexity index is 1030. The zero-order valence-corrected chi connectivity index (χ0v) is 18.3. The number of carbonyl (C=O) groups excluding carboxylic acids is 1. The van der Waals surface area contributed by atoms with Gasteiger partial charge in [-0.25, -0.2) is 0 Å². The van der Waals surface area contributed by atoms with Crippen molar-refractivity contribution >= 4 is 46.9 Å². The molecule has 0 spiro atoms. The van der Waals surface area contributed by atoms with Crippen molar-refractivity contribution in [1.29, 1.82) is 0 Å². The Labute approximate surface area is 184 Å². The molecule has 3 aromatic rings. The molecule has 1 aromatic heterocycles. The molecule has 0 aliphatic heterocycles. The highest BCUT2D eigenvalue weighted by Gasteiger charge is 2.13. The molecule has 1 unspecified atom stereocenters. The summed E-state index contributed by atoms with van der Waals surface area (Å²) in [6.07, 6.45) is 0. The average molecular weight is 443 g/mol. The Balaban J connectivity index is 1.54. The summed E-state index contributed by atoms with van der Waals surface area (Å²) in [4.78, 5) is 25.0. The van der Waals surface area contributed by atoms with Crippen LogP contribution in [0.1, 0.15) is 29.9 Å². The van der Waals surface area contributed by atoms with Gasteiger partial charge in [-0.15, -0.1) is 11.8 Å². The molecule has 0 aliphatic carbocycles. The van der Waals surface area contributed by atoms with E-state index in [-0.39, 0.29) is 23.7 Å². The molecule has 30 heavy (non-hydrogen) atoms. The molecule has 7 nitrogen and oxygen atoms in total. The lowest BCUT2D eigenvalue weighted by atomic mass is 10.1. The monoisotopic (exact) mass is 442 g/mol. The van der Waals surface area contributed by atoms with Crippen LogP contribution in [-0.4, -0.2) is 26.6 Å². The van der Waals surface area contributed by atoms with E-state index in [1.807, 2.05) is 62.4 Å². The number of rotatable bonds is 8. The molecule has 9 heteroatoms. The molecule has 0 bridgehead atoms. The topological polar surface area (TPSA) is 106 Å². The summed E-state index contributed by atoms with van der Waals surface area (Å²) in [5.74, 6) is 1.63. The van der Waals surface area contributed by atoms with Gasteiger partial charge in [0.2, 0.25) is 17.8 Å². The number of halogens is 1. The summed E-state index contributed by atoms with van der Waals surface area (Å²) in [5, 5.41) is 6.74. The molecule has 0 aliphatic rings. The average Bonchev–Trinajstić information content (AvgIpc) is 2.69. The zero-order valence-electron chi connectivity index (χ0n) is 16.7. The van der Waals surface area contributed by atoms with Crippen LogP contribution in [-0.2, 0) is 10.5 Å². The first-order valence-electron chi connectivity index (χ1n) is 9.37. The van der Waals surface area contributed by atoms with E-state index in [2.05, 4.69) is 25.6 Å². The molecule has 1 heterocycles. The van der Waals surface area contributed by atoms with Crippen molar-refractivity contribution in [1.82, 2.24) is 20.3 Å². The molecule has 3 rings (SSSR count). The highest BCUT2D eigenvalue weighted by Crippen LogP contribution is 2.22. The number of nitrogens with two attached hydrogens (primary N) is 1. The van der Waals surface area contributed by atoms with E-state index in [4.69, 9.17) is 17.3 Å². The number of carbonyl (C=O) groups is 1. The van der Waals surface area contributed by atoms with E-state index in [9.17, 15) is 4.79 Å². The molecular formula is C21H23ClN6OS. The largest absolute Gasteiger partial charge is 0.368 e. The Morgan fingerprint density at radius 3 is 2.63 bits per heavy atom. The third kappa shape index (κ3) is 6.08. The minimum absolute atomic E-state index is 0.0901. The zero-order chi connectivity index (χ0) is 21.5. The van der Waals surface area contributed by atoms with Gasteiger partial charge >= 0.3 is 0 Å². The third-order valence-corrected chi connectivity index (χ3v) is 5.58. The van der Waals surface area contributed by atoms with E-state index >= 15 is 0 Å². The van der Waals surface area contributed by atoms with Crippen LogP contribution >= 0.6 is 23.4 Å². The predicted molar refractivity (Wildman–Crippen MR) is 123 cm³/mol. The van der Waals surface area contributed by atoms with E-state index in [0.717, 1.165) is 16.8 Å². The van der Waals surface area contributed by atoms with Crippen molar-refractivity contribution in [3.63, 3.8) is 0 Å². The van der Waals surface area contributed by atoms with Gasteiger partial charge in [-0.1, -0.05) is 48.0 Å². The first kappa shape index (κ1) is 21.9. The molecule has 0 fully saturated rings. The van der Waals surface area contributed by atoms with Crippen molar-refractivity contribution in [3.8, 4) is 0 Å². The molecule has 0 radical (unpaired) electrons. The maximum absolute atomic E-state index is 12.3. The fourth-order valence-electron chi connectivity index (χ4n) is 2.81. The Morgan fingerprint density at radius 1 is 1.13 bits per heavy atom. The number of thioether (sulfide) groups is 1. The van der Waals surface area contributed by atoms with Crippen LogP contribution in [0.5, 0.6) is 0 Å². The fourth-order valence-corrected chi connectivity index (χ4v) is 3.80. The number of aryl methyl sites for hydroxylation is 1. The number of aromatic nitrogens is 3. The first-order valence-corrected chi connectivity index (χ1v) is 10.9. The number of nitrogen functional groups attached to an aromatic ring is 1. The van der Waals surface area contributed by atoms with Gasteiger partial charge in [0.1, 0.15) is 5.82 Å². The lowest BCUT2D eigenvalue weighted by Gasteiger charge is -2.15. The van der Waals surface area contributed by atoms with Gasteiger partial charge in [0, 0.05) is 10.7 Å². The number of para-hydroxylation sites is 1. The van der Waals surface area contributed by atoms with Crippen molar-refractivity contribution < 1.29 is 4.79 Å². The minimum Gasteiger partial charge on any atom is -0.368 e. The maximum atomic E-state index is 12.3. The van der Waals surface area contributed by atoms with E-state index in [1.54, 1.807) is 0 Å². The second kappa shape index (κ2) is 10.3. The maximum Gasteiger partial charge on any atom is 0.232 e. The second-order valence-electron chi connectivity index (χ2n) is 6.68. The lowest BCUT2D eigenvalue weighted by Crippen LogP contribution is -2.28. The molecule has 4 N–H and O–H groups in total. The summed E-state index contributed by atoms with van der Waals surface area (Å²) in [7, 11) is 0.